The molecule has 0 aromatic heterocycles. The van der Waals surface area contributed by atoms with Gasteiger partial charge in [-0.3, -0.25) is 9.69 Å². The van der Waals surface area contributed by atoms with E-state index >= 15 is 0 Å². The van der Waals surface area contributed by atoms with Crippen molar-refractivity contribution >= 4 is 5.97 Å². The Morgan fingerprint density at radius 2 is 1.85 bits per heavy atom. The zero-order valence-corrected chi connectivity index (χ0v) is 16.0. The van der Waals surface area contributed by atoms with E-state index in [4.69, 9.17) is 9.84 Å². The molecule has 0 bridgehead atoms. The largest absolute Gasteiger partial charge is 0.492 e. The first-order valence-electron chi connectivity index (χ1n) is 9.84. The van der Waals surface area contributed by atoms with Crippen molar-refractivity contribution in [3.05, 3.63) is 65.7 Å². The lowest BCUT2D eigenvalue weighted by molar-refractivity contribution is -0.141. The highest BCUT2D eigenvalue weighted by Crippen LogP contribution is 2.21. The van der Waals surface area contributed by atoms with Crippen molar-refractivity contribution in [3.63, 3.8) is 0 Å². The maximum Gasteiger partial charge on any atom is 0.306 e. The van der Waals surface area contributed by atoms with Gasteiger partial charge in [-0.15, -0.1) is 0 Å². The molecule has 144 valence electrons. The van der Waals surface area contributed by atoms with Crippen LogP contribution in [0.1, 0.15) is 37.3 Å². The number of carboxylic acids is 1. The molecule has 0 radical (unpaired) electrons. The lowest BCUT2D eigenvalue weighted by Crippen LogP contribution is -2.36. The second-order valence-electron chi connectivity index (χ2n) is 7.48. The summed E-state index contributed by atoms with van der Waals surface area (Å²) < 4.78 is 6.02. The van der Waals surface area contributed by atoms with Crippen LogP contribution in [0.5, 0.6) is 5.75 Å². The van der Waals surface area contributed by atoms with Gasteiger partial charge in [0, 0.05) is 6.04 Å². The summed E-state index contributed by atoms with van der Waals surface area (Å²) in [5.74, 6) is -0.0977. The molecule has 4 heteroatoms. The molecule has 1 aliphatic rings. The van der Waals surface area contributed by atoms with Crippen LogP contribution in [0.3, 0.4) is 0 Å². The van der Waals surface area contributed by atoms with E-state index in [9.17, 15) is 4.79 Å². The molecule has 3 rings (SSSR count). The van der Waals surface area contributed by atoms with Crippen molar-refractivity contribution < 1.29 is 14.6 Å². The molecule has 1 N–H and O–H groups in total. The van der Waals surface area contributed by atoms with Crippen molar-refractivity contribution in [1.29, 1.82) is 0 Å². The lowest BCUT2D eigenvalue weighted by atomic mass is 10.1. The number of hydrogen-bond acceptors (Lipinski definition) is 3. The normalized spacial score (nSPS) is 18.3. The Balaban J connectivity index is 1.47. The van der Waals surface area contributed by atoms with Crippen molar-refractivity contribution in [2.75, 3.05) is 19.7 Å². The van der Waals surface area contributed by atoms with E-state index < -0.39 is 5.97 Å². The van der Waals surface area contributed by atoms with Crippen LogP contribution in [0.25, 0.3) is 0 Å². The Bertz CT molecular complexity index is 714. The van der Waals surface area contributed by atoms with Gasteiger partial charge in [-0.2, -0.15) is 0 Å². The number of carbonyl (C=O) groups is 1. The van der Waals surface area contributed by atoms with E-state index in [-0.39, 0.29) is 5.92 Å². The molecular formula is C23H29NO3. The lowest BCUT2D eigenvalue weighted by Gasteiger charge is -2.25. The highest BCUT2D eigenvalue weighted by molar-refractivity contribution is 5.69. The number of rotatable bonds is 9. The smallest absolute Gasteiger partial charge is 0.306 e. The van der Waals surface area contributed by atoms with Crippen molar-refractivity contribution in [2.45, 2.75) is 38.6 Å². The standard InChI is InChI=1S/C23H29NO3/c1-18(23(25)26)13-15-24-14-5-8-21(24)17-27-22-11-9-20(10-12-22)16-19-6-3-2-4-7-19/h2-4,6-7,9-12,18,21H,5,8,13-17H2,1H3,(H,25,26)/t18?,21-/m0/s1. The third-order valence-electron chi connectivity index (χ3n) is 5.39. The van der Waals surface area contributed by atoms with Gasteiger partial charge >= 0.3 is 5.97 Å². The molecule has 0 saturated carbocycles. The molecular weight excluding hydrogens is 338 g/mol. The first kappa shape index (κ1) is 19.4. The fourth-order valence-electron chi connectivity index (χ4n) is 3.59. The Morgan fingerprint density at radius 1 is 1.15 bits per heavy atom. The maximum absolute atomic E-state index is 11.0. The predicted octanol–water partition coefficient (Wildman–Crippen LogP) is 4.23. The van der Waals surface area contributed by atoms with Gasteiger partial charge in [-0.1, -0.05) is 49.4 Å². The van der Waals surface area contributed by atoms with Gasteiger partial charge in [0.2, 0.25) is 0 Å². The molecule has 2 aromatic carbocycles. The van der Waals surface area contributed by atoms with Crippen LogP contribution in [0, 0.1) is 5.92 Å². The Kier molecular flexibility index (Phi) is 6.88. The summed E-state index contributed by atoms with van der Waals surface area (Å²) >= 11 is 0. The second kappa shape index (κ2) is 9.56. The van der Waals surface area contributed by atoms with Gasteiger partial charge < -0.3 is 9.84 Å². The average Bonchev–Trinajstić information content (AvgIpc) is 3.13. The minimum atomic E-state index is -0.711. The zero-order valence-electron chi connectivity index (χ0n) is 16.0. The van der Waals surface area contributed by atoms with Crippen LogP contribution < -0.4 is 4.74 Å². The molecule has 0 spiro atoms. The Morgan fingerprint density at radius 3 is 2.56 bits per heavy atom. The van der Waals surface area contributed by atoms with Crippen LogP contribution in [-0.4, -0.2) is 41.7 Å². The minimum absolute atomic E-state index is 0.288. The number of likely N-dealkylation sites (tertiary alicyclic amines) is 1. The summed E-state index contributed by atoms with van der Waals surface area (Å²) in [6.45, 7) is 4.31. The van der Waals surface area contributed by atoms with Gasteiger partial charge in [0.1, 0.15) is 12.4 Å². The monoisotopic (exact) mass is 367 g/mol. The van der Waals surface area contributed by atoms with E-state index in [1.165, 1.54) is 11.1 Å². The first-order chi connectivity index (χ1) is 13.1. The topological polar surface area (TPSA) is 49.8 Å². The SMILES string of the molecule is CC(CCN1CCC[C@H]1COc1ccc(Cc2ccccc2)cc1)C(=O)O. The summed E-state index contributed by atoms with van der Waals surface area (Å²) in [6, 6.07) is 19.2. The highest BCUT2D eigenvalue weighted by Gasteiger charge is 2.26. The van der Waals surface area contributed by atoms with Crippen LogP contribution in [0.2, 0.25) is 0 Å². The molecule has 1 saturated heterocycles. The van der Waals surface area contributed by atoms with Gasteiger partial charge in [0.15, 0.2) is 0 Å². The molecule has 1 aliphatic heterocycles. The third-order valence-corrected chi connectivity index (χ3v) is 5.39. The number of benzene rings is 2. The molecule has 1 fully saturated rings. The van der Waals surface area contributed by atoms with E-state index in [1.54, 1.807) is 6.92 Å². The summed E-state index contributed by atoms with van der Waals surface area (Å²) in [6.07, 6.45) is 3.90. The summed E-state index contributed by atoms with van der Waals surface area (Å²) in [5.41, 5.74) is 2.59. The van der Waals surface area contributed by atoms with Gasteiger partial charge in [-0.25, -0.2) is 0 Å². The highest BCUT2D eigenvalue weighted by atomic mass is 16.5. The Labute approximate surface area is 161 Å². The molecule has 0 amide bonds. The summed E-state index contributed by atoms with van der Waals surface area (Å²) in [7, 11) is 0. The van der Waals surface area contributed by atoms with Crippen molar-refractivity contribution in [1.82, 2.24) is 4.90 Å². The molecule has 1 unspecified atom stereocenters. The molecule has 4 nitrogen and oxygen atoms in total. The van der Waals surface area contributed by atoms with Crippen molar-refractivity contribution in [2.24, 2.45) is 5.92 Å². The predicted molar refractivity (Wildman–Crippen MR) is 107 cm³/mol. The average molecular weight is 367 g/mol. The molecule has 2 atom stereocenters. The Hall–Kier alpha value is -2.33. The first-order valence-corrected chi connectivity index (χ1v) is 9.84. The number of nitrogens with zero attached hydrogens (tertiary/aromatic N) is 1. The van der Waals surface area contributed by atoms with Crippen LogP contribution in [0.4, 0.5) is 0 Å². The van der Waals surface area contributed by atoms with Gasteiger partial charge in [-0.05, 0) is 62.0 Å². The van der Waals surface area contributed by atoms with E-state index in [0.717, 1.165) is 38.1 Å². The molecule has 2 aromatic rings. The molecule has 27 heavy (non-hydrogen) atoms. The van der Waals surface area contributed by atoms with Crippen LogP contribution >= 0.6 is 0 Å². The maximum atomic E-state index is 11.0. The number of carboxylic acid groups (broad SMARTS) is 1. The fraction of sp³-hybridized carbons (Fsp3) is 0.435. The second-order valence-corrected chi connectivity index (χ2v) is 7.48. The van der Waals surface area contributed by atoms with Gasteiger partial charge in [0.05, 0.1) is 5.92 Å². The summed E-state index contributed by atoms with van der Waals surface area (Å²) in [5, 5.41) is 9.05. The molecule has 0 aliphatic carbocycles. The fourth-order valence-corrected chi connectivity index (χ4v) is 3.59. The van der Waals surface area contributed by atoms with Crippen molar-refractivity contribution in [3.8, 4) is 5.75 Å². The summed E-state index contributed by atoms with van der Waals surface area (Å²) in [4.78, 5) is 13.4. The zero-order chi connectivity index (χ0) is 19.1. The van der Waals surface area contributed by atoms with E-state index in [0.29, 0.717) is 19.1 Å². The third kappa shape index (κ3) is 5.83. The van der Waals surface area contributed by atoms with E-state index in [2.05, 4.69) is 41.3 Å². The van der Waals surface area contributed by atoms with Crippen LogP contribution in [-0.2, 0) is 11.2 Å². The van der Waals surface area contributed by atoms with Crippen LogP contribution in [0.15, 0.2) is 54.6 Å². The van der Waals surface area contributed by atoms with Gasteiger partial charge in [0.25, 0.3) is 0 Å². The minimum Gasteiger partial charge on any atom is -0.492 e. The number of aliphatic carboxylic acids is 1. The quantitative estimate of drug-likeness (QED) is 0.720. The molecule has 1 heterocycles. The number of hydrogen-bond donors (Lipinski definition) is 1. The number of ether oxygens (including phenoxy) is 1. The van der Waals surface area contributed by atoms with E-state index in [1.807, 2.05) is 18.2 Å².